The average Bonchev–Trinajstić information content (AvgIpc) is 2.72. The Labute approximate surface area is 99.5 Å². The Balaban J connectivity index is 2.05. The topological polar surface area (TPSA) is 75.9 Å². The Kier molecular flexibility index (Phi) is 3.22. The molecule has 6 heteroatoms. The fourth-order valence-corrected chi connectivity index (χ4v) is 1.46. The van der Waals surface area contributed by atoms with Gasteiger partial charge in [0.05, 0.1) is 12.2 Å². The van der Waals surface area contributed by atoms with Crippen LogP contribution in [-0.2, 0) is 6.54 Å². The van der Waals surface area contributed by atoms with Crippen LogP contribution in [0.2, 0.25) is 0 Å². The maximum atomic E-state index is 5.10. The number of nitrogens with zero attached hydrogens (tertiary/aromatic N) is 3. The molecule has 0 aliphatic carbocycles. The van der Waals surface area contributed by atoms with Crippen LogP contribution >= 0.6 is 0 Å². The van der Waals surface area contributed by atoms with Crippen molar-refractivity contribution in [1.29, 1.82) is 0 Å². The third-order valence-electron chi connectivity index (χ3n) is 2.21. The molecule has 0 aromatic carbocycles. The highest BCUT2D eigenvalue weighted by Gasteiger charge is 2.03. The standard InChI is InChI=1S/C11H15N5O/c1-7-4-9(17-16-7)6-13-11-5-10(12-3)14-8(2)15-11/h4-5H,6H2,1-3H3,(H2,12,13,14,15). The van der Waals surface area contributed by atoms with Crippen molar-refractivity contribution < 1.29 is 4.52 Å². The summed E-state index contributed by atoms with van der Waals surface area (Å²) in [4.78, 5) is 8.49. The van der Waals surface area contributed by atoms with Crippen molar-refractivity contribution in [3.63, 3.8) is 0 Å². The molecule has 0 bridgehead atoms. The normalized spacial score (nSPS) is 10.3. The monoisotopic (exact) mass is 233 g/mol. The molecule has 6 nitrogen and oxygen atoms in total. The van der Waals surface area contributed by atoms with Crippen molar-refractivity contribution in [2.75, 3.05) is 17.7 Å². The lowest BCUT2D eigenvalue weighted by atomic mass is 10.4. The fraction of sp³-hybridized carbons (Fsp3) is 0.364. The molecule has 17 heavy (non-hydrogen) atoms. The number of aryl methyl sites for hydroxylation is 2. The van der Waals surface area contributed by atoms with Gasteiger partial charge in [-0.3, -0.25) is 0 Å². The van der Waals surface area contributed by atoms with Crippen LogP contribution in [0, 0.1) is 13.8 Å². The van der Waals surface area contributed by atoms with Gasteiger partial charge in [0.25, 0.3) is 0 Å². The van der Waals surface area contributed by atoms with E-state index in [9.17, 15) is 0 Å². The van der Waals surface area contributed by atoms with Crippen LogP contribution in [0.15, 0.2) is 16.7 Å². The van der Waals surface area contributed by atoms with Crippen molar-refractivity contribution in [1.82, 2.24) is 15.1 Å². The van der Waals surface area contributed by atoms with Crippen molar-refractivity contribution in [2.45, 2.75) is 20.4 Å². The van der Waals surface area contributed by atoms with Gasteiger partial charge in [-0.15, -0.1) is 0 Å². The molecule has 2 heterocycles. The number of aromatic nitrogens is 3. The molecule has 2 N–H and O–H groups in total. The minimum Gasteiger partial charge on any atom is -0.373 e. The molecule has 2 rings (SSSR count). The van der Waals surface area contributed by atoms with Gasteiger partial charge in [-0.1, -0.05) is 5.16 Å². The fourth-order valence-electron chi connectivity index (χ4n) is 1.46. The van der Waals surface area contributed by atoms with Gasteiger partial charge in [-0.05, 0) is 13.8 Å². The summed E-state index contributed by atoms with van der Waals surface area (Å²) in [7, 11) is 1.82. The van der Waals surface area contributed by atoms with Crippen LogP contribution in [0.4, 0.5) is 11.6 Å². The zero-order chi connectivity index (χ0) is 12.3. The van der Waals surface area contributed by atoms with Crippen molar-refractivity contribution >= 4 is 11.6 Å². The first kappa shape index (κ1) is 11.4. The smallest absolute Gasteiger partial charge is 0.156 e. The van der Waals surface area contributed by atoms with Crippen LogP contribution in [0.5, 0.6) is 0 Å². The molecule has 0 saturated carbocycles. The molecule has 0 aliphatic rings. The number of anilines is 2. The SMILES string of the molecule is CNc1cc(NCc2cc(C)no2)nc(C)n1. The summed E-state index contributed by atoms with van der Waals surface area (Å²) < 4.78 is 5.10. The third-order valence-corrected chi connectivity index (χ3v) is 2.21. The molecule has 0 aliphatic heterocycles. The minimum absolute atomic E-state index is 0.556. The first-order valence-electron chi connectivity index (χ1n) is 5.37. The van der Waals surface area contributed by atoms with Crippen LogP contribution < -0.4 is 10.6 Å². The van der Waals surface area contributed by atoms with E-state index >= 15 is 0 Å². The predicted octanol–water partition coefficient (Wildman–Crippen LogP) is 1.74. The van der Waals surface area contributed by atoms with E-state index in [4.69, 9.17) is 4.52 Å². The van der Waals surface area contributed by atoms with Crippen molar-refractivity contribution in [3.05, 3.63) is 29.4 Å². The highest BCUT2D eigenvalue weighted by Crippen LogP contribution is 2.12. The Morgan fingerprint density at radius 1 is 1.18 bits per heavy atom. The quantitative estimate of drug-likeness (QED) is 0.837. The lowest BCUT2D eigenvalue weighted by molar-refractivity contribution is 0.384. The molecule has 2 aromatic rings. The average molecular weight is 233 g/mol. The van der Waals surface area contributed by atoms with Crippen LogP contribution in [-0.4, -0.2) is 22.2 Å². The summed E-state index contributed by atoms with van der Waals surface area (Å²) in [5, 5.41) is 9.97. The zero-order valence-corrected chi connectivity index (χ0v) is 10.1. The van der Waals surface area contributed by atoms with Gasteiger partial charge in [-0.2, -0.15) is 0 Å². The Hall–Kier alpha value is -2.11. The van der Waals surface area contributed by atoms with E-state index in [-0.39, 0.29) is 0 Å². The number of hydrogen-bond donors (Lipinski definition) is 2. The van der Waals surface area contributed by atoms with Crippen molar-refractivity contribution in [3.8, 4) is 0 Å². The number of hydrogen-bond acceptors (Lipinski definition) is 6. The molecule has 2 aromatic heterocycles. The second kappa shape index (κ2) is 4.82. The molecule has 90 valence electrons. The van der Waals surface area contributed by atoms with Gasteiger partial charge in [0.15, 0.2) is 5.76 Å². The summed E-state index contributed by atoms with van der Waals surface area (Å²) in [5.41, 5.74) is 0.872. The minimum atomic E-state index is 0.556. The van der Waals surface area contributed by atoms with Gasteiger partial charge in [0, 0.05) is 19.2 Å². The van der Waals surface area contributed by atoms with Gasteiger partial charge in [-0.25, -0.2) is 9.97 Å². The number of rotatable bonds is 4. The summed E-state index contributed by atoms with van der Waals surface area (Å²) in [6.45, 7) is 4.30. The molecule has 0 spiro atoms. The first-order chi connectivity index (χ1) is 8.17. The molecule has 0 radical (unpaired) electrons. The highest BCUT2D eigenvalue weighted by molar-refractivity contribution is 5.47. The highest BCUT2D eigenvalue weighted by atomic mass is 16.5. The van der Waals surface area contributed by atoms with Crippen LogP contribution in [0.3, 0.4) is 0 Å². The Bertz CT molecular complexity index is 508. The molecular weight excluding hydrogens is 218 g/mol. The van der Waals surface area contributed by atoms with Gasteiger partial charge >= 0.3 is 0 Å². The molecular formula is C11H15N5O. The van der Waals surface area contributed by atoms with E-state index in [2.05, 4.69) is 25.8 Å². The van der Waals surface area contributed by atoms with E-state index in [0.29, 0.717) is 12.4 Å². The van der Waals surface area contributed by atoms with Gasteiger partial charge in [0.1, 0.15) is 17.5 Å². The lowest BCUT2D eigenvalue weighted by Crippen LogP contribution is -2.04. The Morgan fingerprint density at radius 2 is 1.94 bits per heavy atom. The van der Waals surface area contributed by atoms with Gasteiger partial charge < -0.3 is 15.2 Å². The first-order valence-corrected chi connectivity index (χ1v) is 5.37. The molecule has 0 atom stereocenters. The van der Waals surface area contributed by atoms with Crippen molar-refractivity contribution in [2.24, 2.45) is 0 Å². The predicted molar refractivity (Wildman–Crippen MR) is 64.9 cm³/mol. The van der Waals surface area contributed by atoms with E-state index in [1.807, 2.05) is 33.0 Å². The molecule has 0 fully saturated rings. The maximum Gasteiger partial charge on any atom is 0.156 e. The summed E-state index contributed by atoms with van der Waals surface area (Å²) >= 11 is 0. The molecule has 0 saturated heterocycles. The maximum absolute atomic E-state index is 5.10. The summed E-state index contributed by atoms with van der Waals surface area (Å²) in [6, 6.07) is 3.73. The van der Waals surface area contributed by atoms with Crippen LogP contribution in [0.25, 0.3) is 0 Å². The lowest BCUT2D eigenvalue weighted by Gasteiger charge is -2.06. The largest absolute Gasteiger partial charge is 0.373 e. The summed E-state index contributed by atoms with van der Waals surface area (Å²) in [5.74, 6) is 3.04. The van der Waals surface area contributed by atoms with Crippen LogP contribution in [0.1, 0.15) is 17.3 Å². The third kappa shape index (κ3) is 2.93. The Morgan fingerprint density at radius 3 is 2.59 bits per heavy atom. The van der Waals surface area contributed by atoms with Gasteiger partial charge in [0.2, 0.25) is 0 Å². The molecule has 0 unspecified atom stereocenters. The summed E-state index contributed by atoms with van der Waals surface area (Å²) in [6.07, 6.45) is 0. The van der Waals surface area contributed by atoms with E-state index in [0.717, 1.165) is 23.1 Å². The number of nitrogens with one attached hydrogen (secondary N) is 2. The van der Waals surface area contributed by atoms with E-state index in [1.165, 1.54) is 0 Å². The second-order valence-corrected chi connectivity index (χ2v) is 3.72. The van der Waals surface area contributed by atoms with E-state index < -0.39 is 0 Å². The zero-order valence-electron chi connectivity index (χ0n) is 10.1. The van der Waals surface area contributed by atoms with E-state index in [1.54, 1.807) is 0 Å². The molecule has 0 amide bonds. The second-order valence-electron chi connectivity index (χ2n) is 3.72.